The highest BCUT2D eigenvalue weighted by Gasteiger charge is 2.47. The van der Waals surface area contributed by atoms with Crippen molar-refractivity contribution in [2.45, 2.75) is 49.8 Å². The van der Waals surface area contributed by atoms with Gasteiger partial charge in [0, 0.05) is 30.5 Å². The van der Waals surface area contributed by atoms with Crippen LogP contribution in [0, 0.1) is 23.7 Å². The number of nitrogens with zero attached hydrogens (tertiary/aromatic N) is 2. The van der Waals surface area contributed by atoms with Gasteiger partial charge in [-0.25, -0.2) is 9.97 Å². The van der Waals surface area contributed by atoms with Gasteiger partial charge in [-0.3, -0.25) is 0 Å². The Morgan fingerprint density at radius 1 is 1.05 bits per heavy atom. The molecule has 0 saturated heterocycles. The Labute approximate surface area is 125 Å². The average molecular weight is 289 g/mol. The lowest BCUT2D eigenvalue weighted by Crippen LogP contribution is -2.54. The lowest BCUT2D eigenvalue weighted by Gasteiger charge is -2.54. The topological polar surface area (TPSA) is 37.8 Å². The first-order valence-electron chi connectivity index (χ1n) is 7.90. The molecule has 1 heterocycles. The molecule has 0 spiro atoms. The van der Waals surface area contributed by atoms with Crippen LogP contribution in [0.1, 0.15) is 37.7 Å². The Hall–Kier alpha value is -0.610. The van der Waals surface area contributed by atoms with E-state index in [1.807, 2.05) is 18.6 Å². The fourth-order valence-corrected chi connectivity index (χ4v) is 5.35. The molecule has 0 amide bonds. The summed E-state index contributed by atoms with van der Waals surface area (Å²) in [6, 6.07) is 0.753. The number of hydrogen-bond donors (Lipinski definition) is 1. The molecule has 1 aromatic rings. The average Bonchev–Trinajstić information content (AvgIpc) is 2.46. The maximum Gasteiger partial charge on any atom is 0.187 e. The van der Waals surface area contributed by atoms with Gasteiger partial charge in [0.05, 0.1) is 0 Å². The zero-order chi connectivity index (χ0) is 13.5. The zero-order valence-corrected chi connectivity index (χ0v) is 12.9. The summed E-state index contributed by atoms with van der Waals surface area (Å²) in [6.07, 6.45) is 13.4. The molecule has 5 rings (SSSR count). The van der Waals surface area contributed by atoms with Gasteiger partial charge >= 0.3 is 0 Å². The Morgan fingerprint density at radius 3 is 2.20 bits per heavy atom. The second kappa shape index (κ2) is 5.30. The molecule has 4 aliphatic rings. The van der Waals surface area contributed by atoms with Gasteiger partial charge in [0.25, 0.3) is 0 Å². The summed E-state index contributed by atoms with van der Waals surface area (Å²) in [5, 5.41) is 4.70. The molecule has 4 bridgehead atoms. The van der Waals surface area contributed by atoms with Gasteiger partial charge in [0.1, 0.15) is 0 Å². The van der Waals surface area contributed by atoms with Gasteiger partial charge in [0.15, 0.2) is 5.16 Å². The second-order valence-corrected chi connectivity index (χ2v) is 7.69. The first-order chi connectivity index (χ1) is 9.81. The molecule has 4 fully saturated rings. The third kappa shape index (κ3) is 2.37. The minimum Gasteiger partial charge on any atom is -0.309 e. The molecule has 108 valence electrons. The molecular formula is C16H23N3S. The predicted octanol–water partition coefficient (Wildman–Crippen LogP) is 3.11. The third-order valence-electron chi connectivity index (χ3n) is 5.63. The van der Waals surface area contributed by atoms with E-state index in [4.69, 9.17) is 0 Å². The van der Waals surface area contributed by atoms with Crippen LogP contribution < -0.4 is 5.32 Å². The lowest BCUT2D eigenvalue weighted by molar-refractivity contribution is -0.0142. The summed E-state index contributed by atoms with van der Waals surface area (Å²) in [4.78, 5) is 8.73. The number of aromatic nitrogens is 2. The number of rotatable bonds is 4. The molecule has 0 atom stereocenters. The Kier molecular flexibility index (Phi) is 3.47. The molecule has 4 aliphatic carbocycles. The van der Waals surface area contributed by atoms with Crippen LogP contribution in [0.3, 0.4) is 0 Å². The van der Waals surface area contributed by atoms with Gasteiger partial charge < -0.3 is 5.32 Å². The normalized spacial score (nSPS) is 38.4. The lowest BCUT2D eigenvalue weighted by atomic mass is 9.54. The van der Waals surface area contributed by atoms with Crippen molar-refractivity contribution < 1.29 is 0 Å². The molecule has 20 heavy (non-hydrogen) atoms. The monoisotopic (exact) mass is 289 g/mol. The van der Waals surface area contributed by atoms with E-state index < -0.39 is 0 Å². The van der Waals surface area contributed by atoms with Crippen LogP contribution in [0.15, 0.2) is 17.6 Å². The van der Waals surface area contributed by atoms with Crippen molar-refractivity contribution in [2.75, 3.05) is 6.26 Å². The minimum atomic E-state index is 0.753. The van der Waals surface area contributed by atoms with Crippen LogP contribution in [0.25, 0.3) is 0 Å². The molecule has 1 aromatic heterocycles. The summed E-state index contributed by atoms with van der Waals surface area (Å²) >= 11 is 1.60. The summed E-state index contributed by atoms with van der Waals surface area (Å²) in [7, 11) is 0. The number of thioether (sulfide) groups is 1. The fourth-order valence-electron chi connectivity index (χ4n) is 5.03. The second-order valence-electron chi connectivity index (χ2n) is 6.92. The van der Waals surface area contributed by atoms with Gasteiger partial charge in [-0.05, 0) is 62.0 Å². The minimum absolute atomic E-state index is 0.753. The fraction of sp³-hybridized carbons (Fsp3) is 0.750. The van der Waals surface area contributed by atoms with Gasteiger partial charge in [0.2, 0.25) is 0 Å². The van der Waals surface area contributed by atoms with E-state index in [9.17, 15) is 0 Å². The molecule has 1 N–H and O–H groups in total. The summed E-state index contributed by atoms with van der Waals surface area (Å²) < 4.78 is 0. The van der Waals surface area contributed by atoms with E-state index in [0.29, 0.717) is 0 Å². The maximum atomic E-state index is 4.36. The van der Waals surface area contributed by atoms with Crippen LogP contribution >= 0.6 is 11.8 Å². The van der Waals surface area contributed by atoms with Gasteiger partial charge in [-0.15, -0.1) is 0 Å². The van der Waals surface area contributed by atoms with E-state index in [2.05, 4.69) is 15.3 Å². The van der Waals surface area contributed by atoms with Crippen molar-refractivity contribution >= 4 is 11.8 Å². The van der Waals surface area contributed by atoms with Crippen LogP contribution in [-0.4, -0.2) is 22.3 Å². The molecule has 0 unspecified atom stereocenters. The molecule has 4 saturated carbocycles. The van der Waals surface area contributed by atoms with Crippen molar-refractivity contribution in [2.24, 2.45) is 23.7 Å². The van der Waals surface area contributed by atoms with E-state index in [1.54, 1.807) is 11.8 Å². The highest BCUT2D eigenvalue weighted by atomic mass is 32.2. The molecule has 0 radical (unpaired) electrons. The third-order valence-corrected chi connectivity index (χ3v) is 6.21. The first kappa shape index (κ1) is 13.1. The highest BCUT2D eigenvalue weighted by Crippen LogP contribution is 2.53. The molecular weight excluding hydrogens is 266 g/mol. The van der Waals surface area contributed by atoms with Crippen molar-refractivity contribution in [1.29, 1.82) is 0 Å². The summed E-state index contributed by atoms with van der Waals surface area (Å²) in [5.41, 5.74) is 1.22. The Morgan fingerprint density at radius 2 is 1.65 bits per heavy atom. The van der Waals surface area contributed by atoms with Gasteiger partial charge in [-0.2, -0.15) is 0 Å². The van der Waals surface area contributed by atoms with Crippen molar-refractivity contribution in [3.63, 3.8) is 0 Å². The quantitative estimate of drug-likeness (QED) is 0.683. The van der Waals surface area contributed by atoms with Crippen LogP contribution in [-0.2, 0) is 6.54 Å². The Balaban J connectivity index is 1.39. The highest BCUT2D eigenvalue weighted by molar-refractivity contribution is 7.98. The number of hydrogen-bond acceptors (Lipinski definition) is 4. The number of nitrogens with one attached hydrogen (secondary N) is 1. The zero-order valence-electron chi connectivity index (χ0n) is 12.1. The maximum absolute atomic E-state index is 4.36. The molecule has 4 heteroatoms. The molecule has 0 aliphatic heterocycles. The van der Waals surface area contributed by atoms with E-state index in [-0.39, 0.29) is 0 Å². The molecule has 0 aromatic carbocycles. The van der Waals surface area contributed by atoms with Crippen molar-refractivity contribution in [3.8, 4) is 0 Å². The van der Waals surface area contributed by atoms with Crippen LogP contribution in [0.2, 0.25) is 0 Å². The largest absolute Gasteiger partial charge is 0.309 e. The first-order valence-corrected chi connectivity index (χ1v) is 9.12. The van der Waals surface area contributed by atoms with Gasteiger partial charge in [-0.1, -0.05) is 11.8 Å². The van der Waals surface area contributed by atoms with E-state index in [0.717, 1.165) is 41.4 Å². The van der Waals surface area contributed by atoms with Crippen molar-refractivity contribution in [3.05, 3.63) is 18.0 Å². The van der Waals surface area contributed by atoms with Crippen LogP contribution in [0.5, 0.6) is 0 Å². The van der Waals surface area contributed by atoms with Crippen molar-refractivity contribution in [1.82, 2.24) is 15.3 Å². The smallest absolute Gasteiger partial charge is 0.187 e. The molecule has 3 nitrogen and oxygen atoms in total. The summed E-state index contributed by atoms with van der Waals surface area (Å²) in [5.74, 6) is 4.00. The van der Waals surface area contributed by atoms with Crippen LogP contribution in [0.4, 0.5) is 0 Å². The standard InChI is InChI=1S/C16H23N3S/c1-20-16-18-8-12(9-19-16)7-17-15-13-3-10-2-11(5-13)6-14(15)4-10/h8-11,13-15,17H,2-7H2,1H3. The van der Waals surface area contributed by atoms with E-state index >= 15 is 0 Å². The Bertz CT molecular complexity index is 445. The SMILES string of the molecule is CSc1ncc(CNC2C3CC4CC(C3)CC2C4)cn1. The van der Waals surface area contributed by atoms with E-state index in [1.165, 1.54) is 37.7 Å². The summed E-state index contributed by atoms with van der Waals surface area (Å²) in [6.45, 7) is 0.932. The predicted molar refractivity (Wildman–Crippen MR) is 81.5 cm³/mol.